The van der Waals surface area contributed by atoms with Crippen LogP contribution in [0.15, 0.2) is 101 Å². The van der Waals surface area contributed by atoms with Gasteiger partial charge < -0.3 is 9.84 Å². The minimum absolute atomic E-state index is 0.0153. The zero-order chi connectivity index (χ0) is 25.1. The molecular weight excluding hydrogens is 450 g/mol. The van der Waals surface area contributed by atoms with E-state index in [0.717, 1.165) is 22.4 Å². The molecular formula is C31H29NO4. The quantitative estimate of drug-likeness (QED) is 0.457. The first-order valence-corrected chi connectivity index (χ1v) is 12.4. The summed E-state index contributed by atoms with van der Waals surface area (Å²) in [6, 6.07) is 26.7. The van der Waals surface area contributed by atoms with Gasteiger partial charge in [0, 0.05) is 35.7 Å². The maximum Gasteiger partial charge on any atom is 0.315 e. The Morgan fingerprint density at radius 2 is 1.58 bits per heavy atom. The van der Waals surface area contributed by atoms with E-state index in [1.165, 1.54) is 0 Å². The van der Waals surface area contributed by atoms with Crippen LogP contribution >= 0.6 is 0 Å². The zero-order valence-corrected chi connectivity index (χ0v) is 20.3. The lowest BCUT2D eigenvalue weighted by molar-refractivity contribution is -0.146. The van der Waals surface area contributed by atoms with Crippen molar-refractivity contribution in [2.45, 2.75) is 38.0 Å². The molecule has 0 saturated carbocycles. The highest BCUT2D eigenvalue weighted by atomic mass is 16.5. The molecule has 0 aromatic heterocycles. The van der Waals surface area contributed by atoms with Crippen LogP contribution in [-0.2, 0) is 20.7 Å². The summed E-state index contributed by atoms with van der Waals surface area (Å²) in [5.74, 6) is -1.36. The second-order valence-corrected chi connectivity index (χ2v) is 9.50. The summed E-state index contributed by atoms with van der Waals surface area (Å²) in [4.78, 5) is 31.9. The van der Waals surface area contributed by atoms with Crippen LogP contribution in [0.2, 0.25) is 0 Å². The first-order valence-electron chi connectivity index (χ1n) is 12.4. The lowest BCUT2D eigenvalue weighted by atomic mass is 9.69. The Kier molecular flexibility index (Phi) is 6.81. The molecule has 1 heterocycles. The third-order valence-electron chi connectivity index (χ3n) is 7.14. The van der Waals surface area contributed by atoms with Gasteiger partial charge >= 0.3 is 5.97 Å². The van der Waals surface area contributed by atoms with E-state index in [1.807, 2.05) is 67.6 Å². The number of ketones is 1. The summed E-state index contributed by atoms with van der Waals surface area (Å²) >= 11 is 0. The Balaban J connectivity index is 1.46. The van der Waals surface area contributed by atoms with Crippen molar-refractivity contribution in [3.63, 3.8) is 0 Å². The molecule has 0 saturated heterocycles. The molecule has 0 bridgehead atoms. The lowest BCUT2D eigenvalue weighted by Crippen LogP contribution is -2.38. The topological polar surface area (TPSA) is 76.0 Å². The third kappa shape index (κ3) is 4.87. The van der Waals surface area contributed by atoms with Crippen molar-refractivity contribution in [2.24, 2.45) is 10.9 Å². The van der Waals surface area contributed by atoms with Gasteiger partial charge in [0.2, 0.25) is 0 Å². The minimum atomic E-state index is -0.693. The number of rotatable bonds is 6. The van der Waals surface area contributed by atoms with Crippen molar-refractivity contribution >= 4 is 17.5 Å². The van der Waals surface area contributed by atoms with Gasteiger partial charge in [-0.05, 0) is 48.1 Å². The van der Waals surface area contributed by atoms with Gasteiger partial charge in [-0.15, -0.1) is 0 Å². The normalized spacial score (nSPS) is 21.5. The standard InChI is InChI=1S/C31H29NO4/c1-20-28(31(35)36-17-16-21-8-4-2-5-9-21)29(23-12-14-25(33)15-13-23)30-26(32-20)18-24(19-27(30)34)22-10-6-3-7-11-22/h2-15,24,28-29,33H,16-19H2,1H3/t24-,28?,29+/m1/s1. The molecule has 0 fully saturated rings. The molecule has 0 spiro atoms. The van der Waals surface area contributed by atoms with Crippen LogP contribution in [0.1, 0.15) is 48.3 Å². The number of nitrogens with zero attached hydrogens (tertiary/aromatic N) is 1. The van der Waals surface area contributed by atoms with E-state index in [0.29, 0.717) is 30.5 Å². The van der Waals surface area contributed by atoms with Crippen LogP contribution in [0.3, 0.4) is 0 Å². The summed E-state index contributed by atoms with van der Waals surface area (Å²) in [6.45, 7) is 2.10. The smallest absolute Gasteiger partial charge is 0.315 e. The highest BCUT2D eigenvalue weighted by Crippen LogP contribution is 2.47. The predicted octanol–water partition coefficient (Wildman–Crippen LogP) is 5.75. The number of hydrogen-bond donors (Lipinski definition) is 1. The van der Waals surface area contributed by atoms with Crippen LogP contribution in [-0.4, -0.2) is 29.2 Å². The maximum absolute atomic E-state index is 13.6. The fourth-order valence-electron chi connectivity index (χ4n) is 5.37. The average molecular weight is 480 g/mol. The number of carbonyl (C=O) groups excluding carboxylic acids is 2. The fourth-order valence-corrected chi connectivity index (χ4v) is 5.37. The Hall–Kier alpha value is -3.99. The molecule has 0 amide bonds. The minimum Gasteiger partial charge on any atom is -0.508 e. The Bertz CT molecular complexity index is 1310. The number of esters is 1. The van der Waals surface area contributed by atoms with E-state index in [2.05, 4.69) is 0 Å². The van der Waals surface area contributed by atoms with Crippen molar-refractivity contribution in [1.82, 2.24) is 0 Å². The molecule has 3 aromatic carbocycles. The number of aromatic hydroxyl groups is 1. The number of benzene rings is 3. The Labute approximate surface area is 211 Å². The molecule has 1 aliphatic heterocycles. The summed E-state index contributed by atoms with van der Waals surface area (Å²) in [6.07, 6.45) is 1.64. The lowest BCUT2D eigenvalue weighted by Gasteiger charge is -2.36. The molecule has 2 aliphatic rings. The molecule has 1 N–H and O–H groups in total. The van der Waals surface area contributed by atoms with Crippen molar-refractivity contribution in [2.75, 3.05) is 6.61 Å². The molecule has 5 heteroatoms. The van der Waals surface area contributed by atoms with Crippen LogP contribution < -0.4 is 0 Å². The number of allylic oxidation sites excluding steroid dienone is 2. The average Bonchev–Trinajstić information content (AvgIpc) is 2.89. The van der Waals surface area contributed by atoms with Crippen molar-refractivity contribution in [3.8, 4) is 5.75 Å². The van der Waals surface area contributed by atoms with Crippen molar-refractivity contribution < 1.29 is 19.4 Å². The van der Waals surface area contributed by atoms with E-state index < -0.39 is 11.8 Å². The van der Waals surface area contributed by atoms with Crippen molar-refractivity contribution in [1.29, 1.82) is 0 Å². The molecule has 36 heavy (non-hydrogen) atoms. The van der Waals surface area contributed by atoms with E-state index in [9.17, 15) is 14.7 Å². The molecule has 5 nitrogen and oxygen atoms in total. The van der Waals surface area contributed by atoms with Crippen LogP contribution in [0.5, 0.6) is 5.75 Å². The van der Waals surface area contributed by atoms with Crippen molar-refractivity contribution in [3.05, 3.63) is 113 Å². The summed E-state index contributed by atoms with van der Waals surface area (Å²) in [5.41, 5.74) is 5.01. The van der Waals surface area contributed by atoms with Gasteiger partial charge in [0.25, 0.3) is 0 Å². The largest absolute Gasteiger partial charge is 0.508 e. The highest BCUT2D eigenvalue weighted by molar-refractivity contribution is 6.09. The number of aliphatic imine (C=N–C) groups is 1. The van der Waals surface area contributed by atoms with Crippen LogP contribution in [0.4, 0.5) is 0 Å². The molecule has 1 unspecified atom stereocenters. The van der Waals surface area contributed by atoms with Gasteiger partial charge in [-0.3, -0.25) is 14.6 Å². The first-order chi connectivity index (χ1) is 17.5. The van der Waals surface area contributed by atoms with E-state index >= 15 is 0 Å². The molecule has 3 aromatic rings. The second-order valence-electron chi connectivity index (χ2n) is 9.50. The Morgan fingerprint density at radius 1 is 0.917 bits per heavy atom. The molecule has 5 rings (SSSR count). The fraction of sp³-hybridized carbons (Fsp3) is 0.258. The second kappa shape index (κ2) is 10.3. The third-order valence-corrected chi connectivity index (χ3v) is 7.14. The number of phenols is 1. The Morgan fingerprint density at radius 3 is 2.28 bits per heavy atom. The monoisotopic (exact) mass is 479 g/mol. The SMILES string of the molecule is CC1=NC2=C(C(=O)C[C@H](c3ccccc3)C2)[C@@H](c2ccc(O)cc2)C1C(=O)OCCc1ccccc1. The number of carbonyl (C=O) groups is 2. The van der Waals surface area contributed by atoms with E-state index in [-0.39, 0.29) is 30.0 Å². The molecule has 182 valence electrons. The van der Waals surface area contributed by atoms with Gasteiger partial charge in [0.1, 0.15) is 11.7 Å². The van der Waals surface area contributed by atoms with Gasteiger partial charge in [-0.25, -0.2) is 0 Å². The van der Waals surface area contributed by atoms with Crippen LogP contribution in [0.25, 0.3) is 0 Å². The van der Waals surface area contributed by atoms with Gasteiger partial charge in [-0.1, -0.05) is 72.8 Å². The zero-order valence-electron chi connectivity index (χ0n) is 20.3. The van der Waals surface area contributed by atoms with Crippen LogP contribution in [0, 0.1) is 5.92 Å². The van der Waals surface area contributed by atoms with Gasteiger partial charge in [0.15, 0.2) is 5.78 Å². The number of hydrogen-bond acceptors (Lipinski definition) is 5. The predicted molar refractivity (Wildman–Crippen MR) is 139 cm³/mol. The van der Waals surface area contributed by atoms with Gasteiger partial charge in [-0.2, -0.15) is 0 Å². The summed E-state index contributed by atoms with van der Waals surface area (Å²) in [7, 11) is 0. The van der Waals surface area contributed by atoms with E-state index in [1.54, 1.807) is 24.3 Å². The summed E-state index contributed by atoms with van der Waals surface area (Å²) in [5, 5.41) is 9.86. The first kappa shape index (κ1) is 23.7. The number of Topliss-reactive ketones (excluding diaryl/α,β-unsaturated/α-hetero) is 1. The molecule has 3 atom stereocenters. The highest BCUT2D eigenvalue weighted by Gasteiger charge is 2.44. The number of ether oxygens (including phenoxy) is 1. The van der Waals surface area contributed by atoms with Gasteiger partial charge in [0.05, 0.1) is 6.61 Å². The summed E-state index contributed by atoms with van der Waals surface area (Å²) < 4.78 is 5.73. The molecule has 1 aliphatic carbocycles. The number of phenolic OH excluding ortho intramolecular Hbond substituents is 1. The maximum atomic E-state index is 13.6. The van der Waals surface area contributed by atoms with E-state index in [4.69, 9.17) is 9.73 Å². The molecule has 0 radical (unpaired) electrons.